The molecule has 0 saturated heterocycles. The van der Waals surface area contributed by atoms with Crippen LogP contribution in [0.2, 0.25) is 0 Å². The summed E-state index contributed by atoms with van der Waals surface area (Å²) in [7, 11) is 3.65. The predicted octanol–water partition coefficient (Wildman–Crippen LogP) is 2.49. The summed E-state index contributed by atoms with van der Waals surface area (Å²) in [6.45, 7) is 5.79. The number of guanidine groups is 1. The van der Waals surface area contributed by atoms with Gasteiger partial charge in [0.15, 0.2) is 5.96 Å². The van der Waals surface area contributed by atoms with Gasteiger partial charge >= 0.3 is 0 Å². The zero-order chi connectivity index (χ0) is 18.1. The smallest absolute Gasteiger partial charge is 0.251 e. The zero-order valence-corrected chi connectivity index (χ0v) is 18.3. The molecule has 1 aliphatic carbocycles. The second-order valence-corrected chi connectivity index (χ2v) is 6.39. The number of nitrogens with one attached hydrogen (secondary N) is 2. The number of nitrogens with zero attached hydrogens (tertiary/aromatic N) is 2. The van der Waals surface area contributed by atoms with Gasteiger partial charge in [0.1, 0.15) is 0 Å². The predicted molar refractivity (Wildman–Crippen MR) is 116 cm³/mol. The Morgan fingerprint density at radius 1 is 1.38 bits per heavy atom. The van der Waals surface area contributed by atoms with E-state index in [1.54, 1.807) is 13.1 Å². The lowest BCUT2D eigenvalue weighted by molar-refractivity contribution is 0.0963. The number of halogens is 1. The molecule has 0 aromatic heterocycles. The van der Waals surface area contributed by atoms with Crippen molar-refractivity contribution in [3.05, 3.63) is 35.4 Å². The van der Waals surface area contributed by atoms with Crippen LogP contribution < -0.4 is 10.6 Å². The first-order valence-electron chi connectivity index (χ1n) is 9.02. The van der Waals surface area contributed by atoms with Crippen molar-refractivity contribution in [1.82, 2.24) is 15.5 Å². The first-order chi connectivity index (χ1) is 12.1. The number of amides is 1. The van der Waals surface area contributed by atoms with Crippen molar-refractivity contribution in [1.29, 1.82) is 0 Å². The van der Waals surface area contributed by atoms with Gasteiger partial charge in [-0.2, -0.15) is 0 Å². The van der Waals surface area contributed by atoms with E-state index in [-0.39, 0.29) is 29.9 Å². The van der Waals surface area contributed by atoms with E-state index in [1.165, 1.54) is 12.8 Å². The molecular formula is C19H31IN4O2. The van der Waals surface area contributed by atoms with Gasteiger partial charge in [-0.25, -0.2) is 4.99 Å². The van der Waals surface area contributed by atoms with Crippen LogP contribution in [0.1, 0.15) is 35.7 Å². The van der Waals surface area contributed by atoms with E-state index in [4.69, 9.17) is 4.74 Å². The summed E-state index contributed by atoms with van der Waals surface area (Å²) in [5, 5.41) is 5.95. The lowest BCUT2D eigenvalue weighted by Crippen LogP contribution is -2.40. The van der Waals surface area contributed by atoms with Crippen molar-refractivity contribution in [2.75, 3.05) is 40.4 Å². The van der Waals surface area contributed by atoms with Crippen LogP contribution in [0.25, 0.3) is 0 Å². The molecule has 146 valence electrons. The number of hydrogen-bond acceptors (Lipinski definition) is 3. The Morgan fingerprint density at radius 3 is 2.81 bits per heavy atom. The van der Waals surface area contributed by atoms with E-state index in [9.17, 15) is 4.79 Å². The van der Waals surface area contributed by atoms with Gasteiger partial charge in [-0.05, 0) is 43.4 Å². The molecule has 26 heavy (non-hydrogen) atoms. The maximum Gasteiger partial charge on any atom is 0.251 e. The minimum absolute atomic E-state index is 0. The van der Waals surface area contributed by atoms with Gasteiger partial charge < -0.3 is 20.3 Å². The van der Waals surface area contributed by atoms with E-state index >= 15 is 0 Å². The van der Waals surface area contributed by atoms with Crippen molar-refractivity contribution in [2.24, 2.45) is 10.9 Å². The molecule has 2 N–H and O–H groups in total. The number of likely N-dealkylation sites (N-methyl/N-ethyl adjacent to an activating group) is 1. The van der Waals surface area contributed by atoms with E-state index in [0.717, 1.165) is 37.1 Å². The maximum absolute atomic E-state index is 11.7. The van der Waals surface area contributed by atoms with E-state index < -0.39 is 0 Å². The molecule has 1 fully saturated rings. The molecule has 1 amide bonds. The van der Waals surface area contributed by atoms with Crippen molar-refractivity contribution in [3.8, 4) is 0 Å². The molecule has 0 aliphatic heterocycles. The van der Waals surface area contributed by atoms with Crippen LogP contribution in [0.4, 0.5) is 0 Å². The third-order valence-corrected chi connectivity index (χ3v) is 4.15. The molecule has 1 aromatic carbocycles. The molecule has 7 heteroatoms. The summed E-state index contributed by atoms with van der Waals surface area (Å²) >= 11 is 0. The molecule has 0 heterocycles. The average molecular weight is 474 g/mol. The van der Waals surface area contributed by atoms with Crippen LogP contribution >= 0.6 is 24.0 Å². The fraction of sp³-hybridized carbons (Fsp3) is 0.579. The molecule has 0 unspecified atom stereocenters. The van der Waals surface area contributed by atoms with Gasteiger partial charge in [0, 0.05) is 39.4 Å². The number of carbonyl (C=O) groups excluding carboxylic acids is 1. The quantitative estimate of drug-likeness (QED) is 0.250. The first-order valence-corrected chi connectivity index (χ1v) is 9.02. The Bertz CT molecular complexity index is 591. The van der Waals surface area contributed by atoms with Crippen LogP contribution in [0.15, 0.2) is 29.3 Å². The summed E-state index contributed by atoms with van der Waals surface area (Å²) in [6, 6.07) is 7.56. The Hall–Kier alpha value is -1.35. The SMILES string of the molecule is CCNC(=NCc1cccc(C(=O)NC)c1)N(C)CCOCC1CC1.I. The molecule has 2 rings (SSSR count). The molecule has 1 aromatic rings. The molecule has 0 spiro atoms. The summed E-state index contributed by atoms with van der Waals surface area (Å²) in [6.07, 6.45) is 2.63. The molecule has 0 bridgehead atoms. The van der Waals surface area contributed by atoms with Crippen LogP contribution in [0.5, 0.6) is 0 Å². The minimum Gasteiger partial charge on any atom is -0.379 e. The average Bonchev–Trinajstić information content (AvgIpc) is 3.46. The van der Waals surface area contributed by atoms with Crippen molar-refractivity contribution >= 4 is 35.8 Å². The highest BCUT2D eigenvalue weighted by Gasteiger charge is 2.21. The maximum atomic E-state index is 11.7. The van der Waals surface area contributed by atoms with Crippen LogP contribution in [-0.2, 0) is 11.3 Å². The zero-order valence-electron chi connectivity index (χ0n) is 16.0. The fourth-order valence-corrected chi connectivity index (χ4v) is 2.43. The Kier molecular flexibility index (Phi) is 10.6. The van der Waals surface area contributed by atoms with E-state index in [2.05, 4.69) is 27.4 Å². The van der Waals surface area contributed by atoms with Crippen LogP contribution in [0.3, 0.4) is 0 Å². The van der Waals surface area contributed by atoms with Gasteiger partial charge in [-0.1, -0.05) is 12.1 Å². The van der Waals surface area contributed by atoms with Crippen molar-refractivity contribution < 1.29 is 9.53 Å². The molecule has 1 saturated carbocycles. The highest BCUT2D eigenvalue weighted by atomic mass is 127. The molecule has 0 radical (unpaired) electrons. The van der Waals surface area contributed by atoms with Crippen LogP contribution in [-0.4, -0.2) is 57.2 Å². The molecule has 1 aliphatic rings. The van der Waals surface area contributed by atoms with Gasteiger partial charge in [-0.3, -0.25) is 4.79 Å². The normalized spacial score (nSPS) is 13.7. The summed E-state index contributed by atoms with van der Waals surface area (Å²) in [4.78, 5) is 18.5. The number of carbonyl (C=O) groups is 1. The van der Waals surface area contributed by atoms with Crippen molar-refractivity contribution in [2.45, 2.75) is 26.3 Å². The van der Waals surface area contributed by atoms with Gasteiger partial charge in [-0.15, -0.1) is 24.0 Å². The second kappa shape index (κ2) is 12.1. The molecule has 0 atom stereocenters. The van der Waals surface area contributed by atoms with E-state index in [1.807, 2.05) is 25.2 Å². The first kappa shape index (κ1) is 22.7. The summed E-state index contributed by atoms with van der Waals surface area (Å²) < 4.78 is 5.70. The molecular weight excluding hydrogens is 443 g/mol. The number of hydrogen-bond donors (Lipinski definition) is 2. The van der Waals surface area contributed by atoms with Crippen LogP contribution in [0, 0.1) is 5.92 Å². The highest BCUT2D eigenvalue weighted by Crippen LogP contribution is 2.28. The number of rotatable bonds is 9. The number of benzene rings is 1. The topological polar surface area (TPSA) is 66.0 Å². The second-order valence-electron chi connectivity index (χ2n) is 6.39. The van der Waals surface area contributed by atoms with Crippen molar-refractivity contribution in [3.63, 3.8) is 0 Å². The standard InChI is InChI=1S/C19H30N4O2.HI/c1-4-21-19(23(3)10-11-25-14-15-8-9-15)22-13-16-6-5-7-17(12-16)18(24)20-2;/h5-7,12,15H,4,8-11,13-14H2,1-3H3,(H,20,24)(H,21,22);1H. The van der Waals surface area contributed by atoms with Gasteiger partial charge in [0.05, 0.1) is 13.2 Å². The summed E-state index contributed by atoms with van der Waals surface area (Å²) in [5.41, 5.74) is 1.66. The Morgan fingerprint density at radius 2 is 2.15 bits per heavy atom. The summed E-state index contributed by atoms with van der Waals surface area (Å²) in [5.74, 6) is 1.56. The fourth-order valence-electron chi connectivity index (χ4n) is 2.43. The third-order valence-electron chi connectivity index (χ3n) is 4.15. The lowest BCUT2D eigenvalue weighted by Gasteiger charge is -2.22. The largest absolute Gasteiger partial charge is 0.379 e. The minimum atomic E-state index is -0.0809. The third kappa shape index (κ3) is 7.90. The lowest BCUT2D eigenvalue weighted by atomic mass is 10.1. The van der Waals surface area contributed by atoms with E-state index in [0.29, 0.717) is 18.7 Å². The van der Waals surface area contributed by atoms with Gasteiger partial charge in [0.2, 0.25) is 0 Å². The number of ether oxygens (including phenoxy) is 1. The Labute approximate surface area is 173 Å². The Balaban J connectivity index is 0.00000338. The number of aliphatic imine (C=N–C) groups is 1. The monoisotopic (exact) mass is 474 g/mol. The highest BCUT2D eigenvalue weighted by molar-refractivity contribution is 14.0. The molecule has 6 nitrogen and oxygen atoms in total. The van der Waals surface area contributed by atoms with Gasteiger partial charge in [0.25, 0.3) is 5.91 Å².